The first-order valence-electron chi connectivity index (χ1n) is 12.4. The zero-order valence-electron chi connectivity index (χ0n) is 21.0. The molecule has 2 aliphatic carbocycles. The number of nitrogens with zero attached hydrogens (tertiary/aromatic N) is 1. The Morgan fingerprint density at radius 2 is 1.58 bits per heavy atom. The van der Waals surface area contributed by atoms with Gasteiger partial charge in [-0.1, -0.05) is 55.7 Å². The molecule has 0 bridgehead atoms. The Balaban J connectivity index is 0.00000294. The van der Waals surface area contributed by atoms with Crippen LogP contribution >= 0.6 is 0 Å². The third-order valence-corrected chi connectivity index (χ3v) is 8.47. The molecule has 1 aromatic heterocycles. The third kappa shape index (κ3) is 4.03. The molecule has 1 saturated carbocycles. The topological polar surface area (TPSA) is 140 Å². The van der Waals surface area contributed by atoms with Crippen molar-refractivity contribution in [2.75, 3.05) is 5.32 Å². The number of aromatic nitrogens is 1. The van der Waals surface area contributed by atoms with E-state index in [1.807, 2.05) is 24.3 Å². The van der Waals surface area contributed by atoms with Crippen LogP contribution in [-0.4, -0.2) is 29.4 Å². The summed E-state index contributed by atoms with van der Waals surface area (Å²) in [6, 6.07) is 17.0. The molecule has 0 amide bonds. The van der Waals surface area contributed by atoms with Crippen molar-refractivity contribution in [3.63, 3.8) is 0 Å². The molecule has 9 heteroatoms. The third-order valence-electron chi connectivity index (χ3n) is 7.62. The molecule has 0 unspecified atom stereocenters. The van der Waals surface area contributed by atoms with Gasteiger partial charge >= 0.3 is 0 Å². The van der Waals surface area contributed by atoms with Crippen molar-refractivity contribution in [2.24, 2.45) is 7.05 Å². The molecule has 2 aliphatic rings. The maximum Gasteiger partial charge on any atom is 0.294 e. The average Bonchev–Trinajstić information content (AvgIpc) is 2.90. The van der Waals surface area contributed by atoms with Crippen LogP contribution < -0.4 is 17.0 Å². The SMILES string of the molecule is Cn1c(=O)c(-c2cccc(S(=O)(=O)O)c2)c2c3c(c(NC4CCCCC4)ccc31)C(=O)c1ccccc1-2.N. The molecule has 0 radical (unpaired) electrons. The standard InChI is InChI=1S/C29H26N2O5S.H3N/c1-31-23-15-14-22(30-18-9-3-2-4-10-18)26-27(23)25(20-12-5-6-13-21(20)28(26)32)24(29(31)33)17-8-7-11-19(16-17)37(34,35)36;/h5-8,11-16,18,30H,2-4,9-10H2,1H3,(H,34,35,36);1H3. The lowest BCUT2D eigenvalue weighted by atomic mass is 9.80. The number of pyridine rings is 1. The van der Waals surface area contributed by atoms with Crippen molar-refractivity contribution in [2.45, 2.75) is 43.0 Å². The number of anilines is 1. The first kappa shape index (κ1) is 25.8. The fourth-order valence-electron chi connectivity index (χ4n) is 5.84. The summed E-state index contributed by atoms with van der Waals surface area (Å²) in [5.41, 5.74) is 3.95. The van der Waals surface area contributed by atoms with E-state index in [0.29, 0.717) is 38.7 Å². The predicted molar refractivity (Wildman–Crippen MR) is 149 cm³/mol. The van der Waals surface area contributed by atoms with Gasteiger partial charge in [0.1, 0.15) is 0 Å². The monoisotopic (exact) mass is 531 g/mol. The summed E-state index contributed by atoms with van der Waals surface area (Å²) in [7, 11) is -2.82. The van der Waals surface area contributed by atoms with Crippen molar-refractivity contribution in [1.29, 1.82) is 0 Å². The molecule has 0 saturated heterocycles. The molecule has 5 N–H and O–H groups in total. The zero-order valence-corrected chi connectivity index (χ0v) is 21.8. The molecule has 3 aromatic carbocycles. The number of carbonyl (C=O) groups excluding carboxylic acids is 1. The minimum Gasteiger partial charge on any atom is -0.382 e. The van der Waals surface area contributed by atoms with Gasteiger partial charge in [-0.25, -0.2) is 0 Å². The maximum atomic E-state index is 13.9. The Hall–Kier alpha value is -3.79. The molecule has 4 aromatic rings. The van der Waals surface area contributed by atoms with Gasteiger partial charge in [0.15, 0.2) is 5.78 Å². The first-order chi connectivity index (χ1) is 17.8. The molecule has 1 heterocycles. The highest BCUT2D eigenvalue weighted by molar-refractivity contribution is 7.85. The number of fused-ring (bicyclic) bond motifs is 2. The number of hydrogen-bond donors (Lipinski definition) is 3. The normalized spacial score (nSPS) is 15.2. The Kier molecular flexibility index (Phi) is 6.46. The van der Waals surface area contributed by atoms with E-state index in [4.69, 9.17) is 0 Å². The van der Waals surface area contributed by atoms with Gasteiger partial charge in [0.25, 0.3) is 15.7 Å². The van der Waals surface area contributed by atoms with E-state index >= 15 is 0 Å². The van der Waals surface area contributed by atoms with Gasteiger partial charge in [0.2, 0.25) is 0 Å². The molecule has 196 valence electrons. The molecule has 0 atom stereocenters. The fraction of sp³-hybridized carbons (Fsp3) is 0.241. The summed E-state index contributed by atoms with van der Waals surface area (Å²) >= 11 is 0. The highest BCUT2D eigenvalue weighted by atomic mass is 32.2. The van der Waals surface area contributed by atoms with E-state index in [-0.39, 0.29) is 34.0 Å². The van der Waals surface area contributed by atoms with Gasteiger partial charge in [0, 0.05) is 35.3 Å². The highest BCUT2D eigenvalue weighted by Gasteiger charge is 2.33. The van der Waals surface area contributed by atoms with Crippen molar-refractivity contribution >= 4 is 32.5 Å². The number of aryl methyl sites for hydroxylation is 1. The van der Waals surface area contributed by atoms with Crippen LogP contribution in [0.15, 0.2) is 70.4 Å². The lowest BCUT2D eigenvalue weighted by Gasteiger charge is -2.29. The maximum absolute atomic E-state index is 13.9. The van der Waals surface area contributed by atoms with E-state index in [1.54, 1.807) is 25.2 Å². The van der Waals surface area contributed by atoms with Gasteiger partial charge in [-0.15, -0.1) is 0 Å². The Morgan fingerprint density at radius 1 is 0.868 bits per heavy atom. The van der Waals surface area contributed by atoms with E-state index in [9.17, 15) is 22.6 Å². The summed E-state index contributed by atoms with van der Waals surface area (Å²) in [6.07, 6.45) is 5.58. The van der Waals surface area contributed by atoms with Crippen molar-refractivity contribution in [3.8, 4) is 22.3 Å². The van der Waals surface area contributed by atoms with Crippen molar-refractivity contribution in [1.82, 2.24) is 10.7 Å². The summed E-state index contributed by atoms with van der Waals surface area (Å²) < 4.78 is 35.0. The molecular formula is C29H29N3O5S. The lowest BCUT2D eigenvalue weighted by molar-refractivity contribution is 0.104. The van der Waals surface area contributed by atoms with Crippen LogP contribution in [-0.2, 0) is 17.2 Å². The molecule has 38 heavy (non-hydrogen) atoms. The minimum atomic E-state index is -4.48. The van der Waals surface area contributed by atoms with Crippen LogP contribution in [0.3, 0.4) is 0 Å². The minimum absolute atomic E-state index is 0. The summed E-state index contributed by atoms with van der Waals surface area (Å²) in [4.78, 5) is 27.5. The van der Waals surface area contributed by atoms with Crippen LogP contribution in [0.2, 0.25) is 0 Å². The van der Waals surface area contributed by atoms with E-state index < -0.39 is 10.1 Å². The summed E-state index contributed by atoms with van der Waals surface area (Å²) in [5, 5.41) is 4.28. The number of ketones is 1. The summed E-state index contributed by atoms with van der Waals surface area (Å²) in [5.74, 6) is -0.108. The molecule has 0 spiro atoms. The van der Waals surface area contributed by atoms with Crippen LogP contribution in [0, 0.1) is 0 Å². The first-order valence-corrected chi connectivity index (χ1v) is 13.9. The van der Waals surface area contributed by atoms with Gasteiger partial charge in [-0.05, 0) is 48.2 Å². The fourth-order valence-corrected chi connectivity index (χ4v) is 6.37. The summed E-state index contributed by atoms with van der Waals surface area (Å²) in [6.45, 7) is 0. The number of benzene rings is 3. The second kappa shape index (κ2) is 9.50. The van der Waals surface area contributed by atoms with Crippen LogP contribution in [0.25, 0.3) is 33.2 Å². The van der Waals surface area contributed by atoms with Crippen molar-refractivity contribution in [3.05, 3.63) is 82.1 Å². The second-order valence-electron chi connectivity index (χ2n) is 9.85. The predicted octanol–water partition coefficient (Wildman–Crippen LogP) is 5.57. The largest absolute Gasteiger partial charge is 0.382 e. The van der Waals surface area contributed by atoms with Gasteiger partial charge in [-0.2, -0.15) is 8.42 Å². The average molecular weight is 532 g/mol. The quantitative estimate of drug-likeness (QED) is 0.257. The molecule has 1 fully saturated rings. The van der Waals surface area contributed by atoms with Crippen LogP contribution in [0.4, 0.5) is 5.69 Å². The van der Waals surface area contributed by atoms with E-state index in [1.165, 1.54) is 29.2 Å². The molecule has 8 nitrogen and oxygen atoms in total. The molecular weight excluding hydrogens is 502 g/mol. The zero-order chi connectivity index (χ0) is 25.9. The van der Waals surface area contributed by atoms with Crippen LogP contribution in [0.5, 0.6) is 0 Å². The smallest absolute Gasteiger partial charge is 0.294 e. The van der Waals surface area contributed by atoms with Crippen molar-refractivity contribution < 1.29 is 17.8 Å². The number of hydrogen-bond acceptors (Lipinski definition) is 6. The number of carbonyl (C=O) groups is 1. The van der Waals surface area contributed by atoms with E-state index in [2.05, 4.69) is 5.32 Å². The van der Waals surface area contributed by atoms with E-state index in [0.717, 1.165) is 31.4 Å². The number of nitrogens with one attached hydrogen (secondary N) is 1. The van der Waals surface area contributed by atoms with Gasteiger partial charge in [0.05, 0.1) is 21.5 Å². The molecule has 0 aliphatic heterocycles. The highest BCUT2D eigenvalue weighted by Crippen LogP contribution is 2.46. The Labute approximate surface area is 220 Å². The lowest BCUT2D eigenvalue weighted by Crippen LogP contribution is -2.26. The Bertz CT molecular complexity index is 1770. The van der Waals surface area contributed by atoms with Gasteiger partial charge < -0.3 is 16.0 Å². The molecule has 6 rings (SSSR count). The second-order valence-corrected chi connectivity index (χ2v) is 11.3. The Morgan fingerprint density at radius 3 is 2.29 bits per heavy atom. The van der Waals surface area contributed by atoms with Crippen LogP contribution in [0.1, 0.15) is 48.0 Å². The van der Waals surface area contributed by atoms with Gasteiger partial charge in [-0.3, -0.25) is 14.1 Å². The number of rotatable bonds is 4.